The molecular weight excluding hydrogens is 982 g/mol. The van der Waals surface area contributed by atoms with Crippen LogP contribution in [0.25, 0.3) is 10.4 Å². The van der Waals surface area contributed by atoms with Gasteiger partial charge in [-0.2, -0.15) is 0 Å². The van der Waals surface area contributed by atoms with Crippen molar-refractivity contribution < 1.29 is 38.6 Å². The van der Waals surface area contributed by atoms with Crippen LogP contribution in [0.15, 0.2) is 60.2 Å². The predicted molar refractivity (Wildman–Crippen MR) is 278 cm³/mol. The molecule has 2 aliphatic heterocycles. The van der Waals surface area contributed by atoms with Crippen molar-refractivity contribution in [2.75, 3.05) is 74.7 Å². The first-order valence-electron chi connectivity index (χ1n) is 23.8. The van der Waals surface area contributed by atoms with Gasteiger partial charge in [0.1, 0.15) is 34.4 Å². The number of ether oxygens (including phenoxy) is 2. The highest BCUT2D eigenvalue weighted by atomic mass is 35.5. The number of benzene rings is 2. The van der Waals surface area contributed by atoms with Crippen molar-refractivity contribution in [1.29, 1.82) is 0 Å². The van der Waals surface area contributed by atoms with E-state index in [1.54, 1.807) is 29.2 Å². The van der Waals surface area contributed by atoms with Gasteiger partial charge in [-0.3, -0.25) is 24.0 Å². The molecule has 5 amide bonds. The standard InChI is InChI=1S/C50H62ClN11O8S2/c1-30-8-7-9-36(51)43(30)59-47(67)38-27-53-49(72-38)57-39-25-40(56-32(3)55-39)60-16-18-61(19-17-60)42(65)15-21-70-23-22-69-20-14-41(64)58-45(50(4,5)6)48(68)62-28-35(63)24-37(62)46(66)52-26-33-10-12-34(13-11-33)44-31(2)54-29-71-44/h7-13,25,27,29,35,37,45,63H,14-24,26,28H2,1-6H3,(H,52,66)(H,58,64)(H,59,67)(H,53,55,56,57). The number of hydrogen-bond donors (Lipinski definition) is 5. The minimum atomic E-state index is -0.956. The Labute approximate surface area is 432 Å². The van der Waals surface area contributed by atoms with E-state index in [1.807, 2.05) is 82.6 Å². The Bertz CT molecular complexity index is 2680. The first-order chi connectivity index (χ1) is 34.4. The summed E-state index contributed by atoms with van der Waals surface area (Å²) in [4.78, 5) is 91.1. The molecule has 0 spiro atoms. The number of nitrogens with one attached hydrogen (secondary N) is 4. The molecule has 2 aromatic carbocycles. The first kappa shape index (κ1) is 53.7. The fourth-order valence-corrected chi connectivity index (χ4v) is 10.1. The zero-order valence-corrected chi connectivity index (χ0v) is 43.7. The summed E-state index contributed by atoms with van der Waals surface area (Å²) in [5.41, 5.74) is 5.40. The van der Waals surface area contributed by atoms with Crippen LogP contribution >= 0.6 is 34.3 Å². The van der Waals surface area contributed by atoms with Crippen LogP contribution < -0.4 is 26.2 Å². The third-order valence-corrected chi connectivity index (χ3v) is 14.4. The molecule has 5 aromatic rings. The molecule has 72 heavy (non-hydrogen) atoms. The summed E-state index contributed by atoms with van der Waals surface area (Å²) in [6, 6.07) is 13.2. The van der Waals surface area contributed by atoms with Gasteiger partial charge in [-0.15, -0.1) is 11.3 Å². The van der Waals surface area contributed by atoms with E-state index in [0.717, 1.165) is 27.3 Å². The fraction of sp³-hybridized carbons (Fsp3) is 0.460. The lowest BCUT2D eigenvalue weighted by atomic mass is 9.85. The number of thiazole rings is 2. The van der Waals surface area contributed by atoms with Crippen LogP contribution in [-0.2, 0) is 35.2 Å². The van der Waals surface area contributed by atoms with Gasteiger partial charge in [0.25, 0.3) is 5.91 Å². The molecule has 5 N–H and O–H groups in total. The van der Waals surface area contributed by atoms with Gasteiger partial charge in [0, 0.05) is 58.2 Å². The van der Waals surface area contributed by atoms with E-state index >= 15 is 0 Å². The number of β-amino-alcohol motifs (C(OH)–C–C–N with tert-alkyl or cyclic N) is 1. The molecule has 3 atom stereocenters. The monoisotopic (exact) mass is 1040 g/mol. The normalized spacial score (nSPS) is 16.4. The van der Waals surface area contributed by atoms with Gasteiger partial charge >= 0.3 is 0 Å². The molecule has 3 unspecified atom stereocenters. The van der Waals surface area contributed by atoms with Gasteiger partial charge in [-0.25, -0.2) is 19.9 Å². The molecule has 2 aliphatic rings. The number of likely N-dealkylation sites (tertiary alicyclic amines) is 1. The number of nitrogens with zero attached hydrogens (tertiary/aromatic N) is 7. The fourth-order valence-electron chi connectivity index (χ4n) is 8.29. The minimum absolute atomic E-state index is 0.0108. The van der Waals surface area contributed by atoms with Crippen LogP contribution in [-0.4, -0.2) is 142 Å². The highest BCUT2D eigenvalue weighted by Crippen LogP contribution is 2.31. The number of carbonyl (C=O) groups is 5. The number of halogens is 1. The van der Waals surface area contributed by atoms with E-state index in [2.05, 4.69) is 46.1 Å². The number of anilines is 4. The SMILES string of the molecule is Cc1nc(Nc2ncc(C(=O)Nc3c(C)cccc3Cl)s2)cc(N2CCN(C(=O)CCOCCOCCC(=O)NC(C(=O)N3CC(O)CC3C(=O)NCc3ccc(-c4scnc4C)cc3)C(C)(C)C)CC2)n1. The van der Waals surface area contributed by atoms with Crippen molar-refractivity contribution in [3.63, 3.8) is 0 Å². The van der Waals surface area contributed by atoms with E-state index in [0.29, 0.717) is 64.4 Å². The highest BCUT2D eigenvalue weighted by molar-refractivity contribution is 7.17. The number of aliphatic hydroxyl groups excluding tert-OH is 1. The zero-order valence-electron chi connectivity index (χ0n) is 41.3. The van der Waals surface area contributed by atoms with Gasteiger partial charge in [0.05, 0.1) is 71.9 Å². The van der Waals surface area contributed by atoms with Crippen molar-refractivity contribution in [2.45, 2.75) is 85.5 Å². The average Bonchev–Trinajstić information content (AvgIpc) is 4.11. The molecule has 0 saturated carbocycles. The Balaban J connectivity index is 0.775. The molecule has 0 radical (unpaired) electrons. The summed E-state index contributed by atoms with van der Waals surface area (Å²) >= 11 is 9.05. The number of carbonyl (C=O) groups excluding carboxylic acids is 5. The Morgan fingerprint density at radius 1 is 0.917 bits per heavy atom. The molecule has 0 bridgehead atoms. The number of aliphatic hydroxyl groups is 1. The molecule has 5 heterocycles. The molecule has 22 heteroatoms. The number of aryl methyl sites for hydroxylation is 3. The number of amides is 5. The second-order valence-corrected chi connectivity index (χ2v) is 21.0. The van der Waals surface area contributed by atoms with Crippen molar-refractivity contribution >= 4 is 86.3 Å². The number of para-hydroxylation sites is 1. The summed E-state index contributed by atoms with van der Waals surface area (Å²) in [6.07, 6.45) is 0.900. The number of rotatable bonds is 20. The van der Waals surface area contributed by atoms with Gasteiger partial charge in [-0.05, 0) is 48.9 Å². The zero-order chi connectivity index (χ0) is 51.5. The Morgan fingerprint density at radius 2 is 1.64 bits per heavy atom. The van der Waals surface area contributed by atoms with E-state index in [9.17, 15) is 29.1 Å². The summed E-state index contributed by atoms with van der Waals surface area (Å²) in [7, 11) is 0. The lowest BCUT2D eigenvalue weighted by Crippen LogP contribution is -2.57. The van der Waals surface area contributed by atoms with Gasteiger partial charge < -0.3 is 50.5 Å². The predicted octanol–water partition coefficient (Wildman–Crippen LogP) is 5.90. The summed E-state index contributed by atoms with van der Waals surface area (Å²) in [5.74, 6) is 0.236. The van der Waals surface area contributed by atoms with E-state index in [1.165, 1.54) is 22.4 Å². The summed E-state index contributed by atoms with van der Waals surface area (Å²) < 4.78 is 11.3. The van der Waals surface area contributed by atoms with Crippen LogP contribution in [0, 0.1) is 26.2 Å². The Kier molecular flexibility index (Phi) is 18.3. The molecule has 384 valence electrons. The minimum Gasteiger partial charge on any atom is -0.391 e. The maximum atomic E-state index is 14.0. The van der Waals surface area contributed by atoms with Crippen molar-refractivity contribution in [1.82, 2.24) is 40.4 Å². The van der Waals surface area contributed by atoms with E-state index in [-0.39, 0.29) is 76.5 Å². The second kappa shape index (κ2) is 24.5. The van der Waals surface area contributed by atoms with Gasteiger partial charge in [0.15, 0.2) is 5.13 Å². The highest BCUT2D eigenvalue weighted by Gasteiger charge is 2.44. The molecule has 2 fully saturated rings. The lowest BCUT2D eigenvalue weighted by molar-refractivity contribution is -0.144. The van der Waals surface area contributed by atoms with Crippen LogP contribution in [0.3, 0.4) is 0 Å². The van der Waals surface area contributed by atoms with E-state index < -0.39 is 35.4 Å². The van der Waals surface area contributed by atoms with Crippen LogP contribution in [0.4, 0.5) is 22.5 Å². The molecule has 0 aliphatic carbocycles. The molecule has 19 nitrogen and oxygen atoms in total. The number of hydrogen-bond acceptors (Lipinski definition) is 16. The quantitative estimate of drug-likeness (QED) is 0.0572. The largest absolute Gasteiger partial charge is 0.391 e. The van der Waals surface area contributed by atoms with Crippen LogP contribution in [0.1, 0.15) is 72.4 Å². The number of piperazine rings is 1. The third-order valence-electron chi connectivity index (χ3n) is 12.2. The Hall–Kier alpha value is -6.10. The topological polar surface area (TPSA) is 233 Å². The summed E-state index contributed by atoms with van der Waals surface area (Å²) in [6.45, 7) is 14.2. The van der Waals surface area contributed by atoms with Crippen molar-refractivity contribution in [3.05, 3.63) is 92.8 Å². The van der Waals surface area contributed by atoms with E-state index in [4.69, 9.17) is 21.1 Å². The van der Waals surface area contributed by atoms with Crippen LogP contribution in [0.5, 0.6) is 0 Å². The lowest BCUT2D eigenvalue weighted by Gasteiger charge is -2.35. The number of aromatic nitrogens is 4. The van der Waals surface area contributed by atoms with Crippen molar-refractivity contribution in [2.24, 2.45) is 5.41 Å². The molecular formula is C50H62ClN11O8S2. The Morgan fingerprint density at radius 3 is 2.32 bits per heavy atom. The van der Waals surface area contributed by atoms with Gasteiger partial charge in [-0.1, -0.05) is 80.1 Å². The third kappa shape index (κ3) is 14.3. The maximum absolute atomic E-state index is 14.0. The second-order valence-electron chi connectivity index (χ2n) is 18.7. The average molecular weight is 1040 g/mol. The molecule has 7 rings (SSSR count). The van der Waals surface area contributed by atoms with Gasteiger partial charge in [0.2, 0.25) is 23.6 Å². The van der Waals surface area contributed by atoms with Crippen molar-refractivity contribution in [3.8, 4) is 10.4 Å². The maximum Gasteiger partial charge on any atom is 0.267 e. The van der Waals surface area contributed by atoms with Crippen LogP contribution in [0.2, 0.25) is 5.02 Å². The summed E-state index contributed by atoms with van der Waals surface area (Å²) in [5, 5.41) is 23.3. The molecule has 2 saturated heterocycles. The first-order valence-corrected chi connectivity index (χ1v) is 25.9. The molecule has 3 aromatic heterocycles. The smallest absolute Gasteiger partial charge is 0.267 e.